The smallest absolute Gasteiger partial charge is 0.404 e. The van der Waals surface area contributed by atoms with Gasteiger partial charge in [-0.2, -0.15) is 0 Å². The molecule has 0 aliphatic carbocycles. The molecule has 0 saturated carbocycles. The van der Waals surface area contributed by atoms with Crippen LogP contribution in [0.25, 0.3) is 0 Å². The molecule has 8 heavy (non-hydrogen) atoms. The van der Waals surface area contributed by atoms with Crippen molar-refractivity contribution in [1.29, 1.82) is 0 Å². The molecule has 0 aliphatic rings. The van der Waals surface area contributed by atoms with Crippen LogP contribution in [0.1, 0.15) is 13.3 Å². The zero-order valence-electron chi connectivity index (χ0n) is 4.68. The van der Waals surface area contributed by atoms with Gasteiger partial charge >= 0.3 is 6.09 Å². The fraction of sp³-hybridized carbons (Fsp3) is 0.750. The number of amides is 1. The number of nitrogens with one attached hydrogen (secondary N) is 1. The van der Waals surface area contributed by atoms with Gasteiger partial charge in [0.2, 0.25) is 0 Å². The van der Waals surface area contributed by atoms with Gasteiger partial charge in [0.25, 0.3) is 0 Å². The van der Waals surface area contributed by atoms with Crippen molar-refractivity contribution in [1.82, 2.24) is 5.32 Å². The third-order valence-electron chi connectivity index (χ3n) is 0.526. The number of rotatable bonds is 2. The van der Waals surface area contributed by atoms with Gasteiger partial charge in [0.1, 0.15) is 0 Å². The highest BCUT2D eigenvalue weighted by Gasteiger charge is 1.86. The summed E-state index contributed by atoms with van der Waals surface area (Å²) in [5.41, 5.74) is 0. The van der Waals surface area contributed by atoms with E-state index in [4.69, 9.17) is 5.11 Å². The lowest BCUT2D eigenvalue weighted by atomic mass is 10.5. The maximum absolute atomic E-state index is 9.65. The zero-order chi connectivity index (χ0) is 5.70. The van der Waals surface area contributed by atoms with Crippen LogP contribution in [0, 0.1) is 0 Å². The van der Waals surface area contributed by atoms with Crippen LogP contribution in [0.2, 0.25) is 0 Å². The molecular weight excluding hydrogens is 130 g/mol. The summed E-state index contributed by atoms with van der Waals surface area (Å²) in [6, 6.07) is 0. The van der Waals surface area contributed by atoms with Crippen molar-refractivity contribution < 1.29 is 9.90 Å². The lowest BCUT2D eigenvalue weighted by molar-refractivity contribution is 0.194. The number of carboxylic acid groups (broad SMARTS) is 1. The summed E-state index contributed by atoms with van der Waals surface area (Å²) in [4.78, 5) is 9.65. The summed E-state index contributed by atoms with van der Waals surface area (Å²) in [7, 11) is 0. The van der Waals surface area contributed by atoms with Crippen LogP contribution >= 0.6 is 12.4 Å². The molecule has 0 aromatic carbocycles. The van der Waals surface area contributed by atoms with Gasteiger partial charge in [-0.25, -0.2) is 4.79 Å². The second-order valence-electron chi connectivity index (χ2n) is 1.23. The molecule has 0 aromatic rings. The normalized spacial score (nSPS) is 7.12. The fourth-order valence-corrected chi connectivity index (χ4v) is 0.232. The molecule has 50 valence electrons. The average Bonchev–Trinajstić information content (AvgIpc) is 1.61. The van der Waals surface area contributed by atoms with Crippen LogP contribution in [-0.4, -0.2) is 17.7 Å². The molecule has 0 unspecified atom stereocenters. The lowest BCUT2D eigenvalue weighted by Gasteiger charge is -1.91. The van der Waals surface area contributed by atoms with E-state index in [2.05, 4.69) is 5.32 Å². The third-order valence-corrected chi connectivity index (χ3v) is 0.526. The first-order chi connectivity index (χ1) is 3.27. The molecule has 3 nitrogen and oxygen atoms in total. The minimum atomic E-state index is -0.943. The van der Waals surface area contributed by atoms with Crippen molar-refractivity contribution in [3.8, 4) is 0 Å². The number of carbonyl (C=O) groups is 1. The third kappa shape index (κ3) is 9.12. The van der Waals surface area contributed by atoms with Gasteiger partial charge in [-0.05, 0) is 6.42 Å². The molecule has 0 bridgehead atoms. The molecule has 0 rings (SSSR count). The second-order valence-corrected chi connectivity index (χ2v) is 1.23. The molecule has 0 fully saturated rings. The molecule has 4 heteroatoms. The van der Waals surface area contributed by atoms with Gasteiger partial charge in [-0.1, -0.05) is 6.92 Å². The quantitative estimate of drug-likeness (QED) is 0.602. The second kappa shape index (κ2) is 6.56. The highest BCUT2D eigenvalue weighted by molar-refractivity contribution is 5.85. The minimum Gasteiger partial charge on any atom is -0.465 e. The first-order valence-electron chi connectivity index (χ1n) is 2.24. The first kappa shape index (κ1) is 10.5. The highest BCUT2D eigenvalue weighted by atomic mass is 35.5. The molecular formula is C4H10ClNO2. The van der Waals surface area contributed by atoms with E-state index in [1.807, 2.05) is 6.92 Å². The Labute approximate surface area is 54.5 Å². The van der Waals surface area contributed by atoms with E-state index >= 15 is 0 Å². The topological polar surface area (TPSA) is 49.3 Å². The Morgan fingerprint density at radius 3 is 2.38 bits per heavy atom. The van der Waals surface area contributed by atoms with E-state index < -0.39 is 6.09 Å². The van der Waals surface area contributed by atoms with Crippen LogP contribution in [0.15, 0.2) is 0 Å². The molecule has 0 spiro atoms. The maximum Gasteiger partial charge on any atom is 0.404 e. The van der Waals surface area contributed by atoms with Crippen molar-refractivity contribution in [2.75, 3.05) is 6.54 Å². The summed E-state index contributed by atoms with van der Waals surface area (Å²) >= 11 is 0. The summed E-state index contributed by atoms with van der Waals surface area (Å²) in [5.74, 6) is 0. The van der Waals surface area contributed by atoms with Gasteiger partial charge in [0.15, 0.2) is 0 Å². The monoisotopic (exact) mass is 139 g/mol. The summed E-state index contributed by atoms with van der Waals surface area (Å²) in [6.07, 6.45) is -0.0893. The highest BCUT2D eigenvalue weighted by Crippen LogP contribution is 1.67. The van der Waals surface area contributed by atoms with Gasteiger partial charge in [0, 0.05) is 6.54 Å². The first-order valence-corrected chi connectivity index (χ1v) is 2.24. The zero-order valence-corrected chi connectivity index (χ0v) is 5.49. The van der Waals surface area contributed by atoms with Crippen molar-refractivity contribution in [3.63, 3.8) is 0 Å². The predicted octanol–water partition coefficient (Wildman–Crippen LogP) is 1.09. The molecule has 0 heterocycles. The van der Waals surface area contributed by atoms with Crippen LogP contribution in [0.3, 0.4) is 0 Å². The lowest BCUT2D eigenvalue weighted by Crippen LogP contribution is -2.20. The summed E-state index contributed by atoms with van der Waals surface area (Å²) in [5, 5.41) is 10.1. The standard InChI is InChI=1S/C4H9NO2.ClH/c1-2-3-5-4(6)7;/h5H,2-3H2,1H3,(H,6,7);1H. The minimum absolute atomic E-state index is 0. The van der Waals surface area contributed by atoms with E-state index in [1.165, 1.54) is 0 Å². The van der Waals surface area contributed by atoms with Gasteiger partial charge in [-0.15, -0.1) is 12.4 Å². The summed E-state index contributed by atoms with van der Waals surface area (Å²) in [6.45, 7) is 2.46. The van der Waals surface area contributed by atoms with E-state index in [-0.39, 0.29) is 12.4 Å². The van der Waals surface area contributed by atoms with Crippen LogP contribution in [-0.2, 0) is 0 Å². The molecule has 0 aliphatic heterocycles. The SMILES string of the molecule is CCCNC(=O)O.Cl. The Kier molecular flexibility index (Phi) is 8.63. The van der Waals surface area contributed by atoms with Gasteiger partial charge < -0.3 is 10.4 Å². The largest absolute Gasteiger partial charge is 0.465 e. The van der Waals surface area contributed by atoms with Crippen LogP contribution < -0.4 is 5.32 Å². The van der Waals surface area contributed by atoms with Gasteiger partial charge in [-0.3, -0.25) is 0 Å². The Hall–Kier alpha value is -0.440. The van der Waals surface area contributed by atoms with Crippen molar-refractivity contribution in [3.05, 3.63) is 0 Å². The number of hydrogen-bond acceptors (Lipinski definition) is 1. The molecule has 0 radical (unpaired) electrons. The Morgan fingerprint density at radius 1 is 1.75 bits per heavy atom. The summed E-state index contributed by atoms with van der Waals surface area (Å²) < 4.78 is 0. The molecule has 0 atom stereocenters. The fourth-order valence-electron chi connectivity index (χ4n) is 0.232. The van der Waals surface area contributed by atoms with E-state index in [0.29, 0.717) is 6.54 Å². The average molecular weight is 140 g/mol. The molecule has 1 amide bonds. The van der Waals surface area contributed by atoms with Crippen LogP contribution in [0.5, 0.6) is 0 Å². The molecule has 0 aromatic heterocycles. The van der Waals surface area contributed by atoms with Crippen molar-refractivity contribution >= 4 is 18.5 Å². The number of halogens is 1. The maximum atomic E-state index is 9.65. The van der Waals surface area contributed by atoms with Crippen molar-refractivity contribution in [2.45, 2.75) is 13.3 Å². The number of hydrogen-bond donors (Lipinski definition) is 2. The molecule has 2 N–H and O–H groups in total. The van der Waals surface area contributed by atoms with Crippen LogP contribution in [0.4, 0.5) is 4.79 Å². The Balaban J connectivity index is 0. The molecule has 0 saturated heterocycles. The van der Waals surface area contributed by atoms with E-state index in [0.717, 1.165) is 6.42 Å². The van der Waals surface area contributed by atoms with E-state index in [9.17, 15) is 4.79 Å². The van der Waals surface area contributed by atoms with Gasteiger partial charge in [0.05, 0.1) is 0 Å². The predicted molar refractivity (Wildman–Crippen MR) is 33.6 cm³/mol. The Morgan fingerprint density at radius 2 is 2.25 bits per heavy atom. The van der Waals surface area contributed by atoms with E-state index in [1.54, 1.807) is 0 Å². The Bertz CT molecular complexity index is 67.1. The van der Waals surface area contributed by atoms with Crippen molar-refractivity contribution in [2.24, 2.45) is 0 Å².